The minimum Gasteiger partial charge on any atom is -0.473 e. The zero-order valence-electron chi connectivity index (χ0n) is 9.38. The molecule has 3 nitrogen and oxygen atoms in total. The Morgan fingerprint density at radius 3 is 2.72 bits per heavy atom. The van der Waals surface area contributed by atoms with Crippen molar-refractivity contribution in [1.82, 2.24) is 10.3 Å². The number of hydrogen-bond donors (Lipinski definition) is 1. The van der Waals surface area contributed by atoms with Crippen LogP contribution in [0.15, 0.2) is 18.2 Å². The monoisotopic (exact) mass is 264 g/mol. The van der Waals surface area contributed by atoms with Gasteiger partial charge in [-0.1, -0.05) is 6.07 Å². The predicted octanol–water partition coefficient (Wildman–Crippen LogP) is 2.18. The van der Waals surface area contributed by atoms with Crippen molar-refractivity contribution in [2.75, 3.05) is 13.1 Å². The van der Waals surface area contributed by atoms with E-state index in [2.05, 4.69) is 10.3 Å². The Kier molecular flexibility index (Phi) is 3.70. The molecular weight excluding hydrogens is 252 g/mol. The number of ether oxygens (including phenoxy) is 1. The zero-order chi connectivity index (χ0) is 13.2. The lowest BCUT2D eigenvalue weighted by Gasteiger charge is -2.26. The van der Waals surface area contributed by atoms with E-state index in [1.54, 1.807) is 0 Å². The highest BCUT2D eigenvalue weighted by Gasteiger charge is 2.33. The molecule has 1 aromatic heterocycles. The lowest BCUT2D eigenvalue weighted by molar-refractivity contribution is -0.141. The van der Waals surface area contributed by atoms with Gasteiger partial charge in [0.25, 0.3) is 0 Å². The average molecular weight is 264 g/mol. The second-order valence-electron chi connectivity index (χ2n) is 4.09. The fourth-order valence-corrected chi connectivity index (χ4v) is 1.75. The van der Waals surface area contributed by atoms with E-state index < -0.39 is 24.1 Å². The highest BCUT2D eigenvalue weighted by Crippen LogP contribution is 2.29. The van der Waals surface area contributed by atoms with Gasteiger partial charge >= 0.3 is 6.18 Å². The quantitative estimate of drug-likeness (QED) is 0.831. The summed E-state index contributed by atoms with van der Waals surface area (Å²) in [5.74, 6) is -0.134. The van der Waals surface area contributed by atoms with Crippen LogP contribution in [0.2, 0.25) is 0 Å². The van der Waals surface area contributed by atoms with Crippen LogP contribution in [0.25, 0.3) is 0 Å². The first kappa shape index (κ1) is 13.1. The Hall–Kier alpha value is -1.37. The molecule has 0 aliphatic carbocycles. The van der Waals surface area contributed by atoms with E-state index in [-0.39, 0.29) is 18.8 Å². The third kappa shape index (κ3) is 3.32. The summed E-state index contributed by atoms with van der Waals surface area (Å²) >= 11 is 0. The first-order chi connectivity index (χ1) is 8.45. The van der Waals surface area contributed by atoms with E-state index in [1.807, 2.05) is 0 Å². The molecule has 1 aliphatic heterocycles. The van der Waals surface area contributed by atoms with Crippen LogP contribution in [0.3, 0.4) is 0 Å². The van der Waals surface area contributed by atoms with Gasteiger partial charge < -0.3 is 10.1 Å². The van der Waals surface area contributed by atoms with Gasteiger partial charge in [0, 0.05) is 25.6 Å². The molecule has 1 aliphatic rings. The molecule has 1 saturated heterocycles. The minimum absolute atomic E-state index is 0.134. The second-order valence-corrected chi connectivity index (χ2v) is 4.09. The van der Waals surface area contributed by atoms with Crippen molar-refractivity contribution in [1.29, 1.82) is 0 Å². The number of halogens is 4. The van der Waals surface area contributed by atoms with Gasteiger partial charge in [-0.05, 0) is 6.07 Å². The van der Waals surface area contributed by atoms with Gasteiger partial charge in [0.05, 0.1) is 0 Å². The van der Waals surface area contributed by atoms with Crippen LogP contribution in [0.4, 0.5) is 17.6 Å². The summed E-state index contributed by atoms with van der Waals surface area (Å²) in [6.45, 7) is 0.647. The molecule has 0 aromatic carbocycles. The molecule has 1 aromatic rings. The van der Waals surface area contributed by atoms with Gasteiger partial charge in [0.2, 0.25) is 5.88 Å². The van der Waals surface area contributed by atoms with Crippen LogP contribution in [-0.2, 0) is 6.18 Å². The summed E-state index contributed by atoms with van der Waals surface area (Å²) in [7, 11) is 0. The van der Waals surface area contributed by atoms with Gasteiger partial charge in [-0.2, -0.15) is 13.2 Å². The normalized spacial score (nSPS) is 24.9. The Morgan fingerprint density at radius 2 is 2.06 bits per heavy atom. The fourth-order valence-electron chi connectivity index (χ4n) is 1.75. The Balaban J connectivity index is 2.05. The molecule has 100 valence electrons. The Labute approximate surface area is 101 Å². The van der Waals surface area contributed by atoms with Gasteiger partial charge in [0.1, 0.15) is 18.0 Å². The number of aromatic nitrogens is 1. The topological polar surface area (TPSA) is 34.1 Å². The zero-order valence-corrected chi connectivity index (χ0v) is 9.38. The highest BCUT2D eigenvalue weighted by molar-refractivity contribution is 5.18. The van der Waals surface area contributed by atoms with E-state index >= 15 is 0 Å². The number of pyridine rings is 1. The van der Waals surface area contributed by atoms with Crippen LogP contribution < -0.4 is 10.1 Å². The fraction of sp³-hybridized carbons (Fsp3) is 0.545. The number of nitrogens with zero attached hydrogens (tertiary/aromatic N) is 1. The maximum atomic E-state index is 13.1. The molecule has 2 atom stereocenters. The van der Waals surface area contributed by atoms with Crippen molar-refractivity contribution in [3.8, 4) is 5.88 Å². The van der Waals surface area contributed by atoms with Crippen molar-refractivity contribution in [2.24, 2.45) is 0 Å². The van der Waals surface area contributed by atoms with Crippen LogP contribution in [0.1, 0.15) is 12.1 Å². The molecule has 2 rings (SSSR count). The average Bonchev–Trinajstić information content (AvgIpc) is 2.28. The van der Waals surface area contributed by atoms with Crippen LogP contribution in [-0.4, -0.2) is 30.3 Å². The molecule has 0 unspecified atom stereocenters. The smallest absolute Gasteiger partial charge is 0.433 e. The molecule has 7 heteroatoms. The van der Waals surface area contributed by atoms with Crippen LogP contribution in [0, 0.1) is 0 Å². The molecule has 18 heavy (non-hydrogen) atoms. The minimum atomic E-state index is -4.51. The SMILES string of the molecule is F[C@@H]1CNC[C@@H](Oc2cccc(C(F)(F)F)n2)C1. The van der Waals surface area contributed by atoms with Gasteiger partial charge in [-0.3, -0.25) is 0 Å². The molecule has 0 bridgehead atoms. The van der Waals surface area contributed by atoms with E-state index in [1.165, 1.54) is 12.1 Å². The molecule has 0 radical (unpaired) electrons. The van der Waals surface area contributed by atoms with Crippen molar-refractivity contribution >= 4 is 0 Å². The lowest BCUT2D eigenvalue weighted by atomic mass is 10.1. The van der Waals surface area contributed by atoms with E-state index in [9.17, 15) is 17.6 Å². The third-order valence-electron chi connectivity index (χ3n) is 2.56. The maximum absolute atomic E-state index is 13.1. The summed E-state index contributed by atoms with van der Waals surface area (Å²) in [5, 5.41) is 2.80. The Bertz CT molecular complexity index is 410. The highest BCUT2D eigenvalue weighted by atomic mass is 19.4. The van der Waals surface area contributed by atoms with Crippen molar-refractivity contribution in [3.63, 3.8) is 0 Å². The Morgan fingerprint density at radius 1 is 1.28 bits per heavy atom. The lowest BCUT2D eigenvalue weighted by Crippen LogP contribution is -2.43. The van der Waals surface area contributed by atoms with Gasteiger partial charge in [-0.25, -0.2) is 9.37 Å². The van der Waals surface area contributed by atoms with Gasteiger partial charge in [0.15, 0.2) is 0 Å². The molecule has 0 amide bonds. The first-order valence-electron chi connectivity index (χ1n) is 5.51. The molecule has 1 N–H and O–H groups in total. The first-order valence-corrected chi connectivity index (χ1v) is 5.51. The standard InChI is InChI=1S/C11H12F4N2O/c12-7-4-8(6-16-5-7)18-10-3-1-2-9(17-10)11(13,14)15/h1-3,7-8,16H,4-6H2/t7-,8-/m0/s1. The molecule has 0 saturated carbocycles. The summed E-state index contributed by atoms with van der Waals surface area (Å²) in [6, 6.07) is 3.41. The molecular formula is C11H12F4N2O. The number of rotatable bonds is 2. The van der Waals surface area contributed by atoms with E-state index in [0.29, 0.717) is 6.54 Å². The maximum Gasteiger partial charge on any atom is 0.433 e. The summed E-state index contributed by atoms with van der Waals surface area (Å²) in [4.78, 5) is 3.37. The molecule has 0 spiro atoms. The van der Waals surface area contributed by atoms with Crippen molar-refractivity contribution in [2.45, 2.75) is 24.9 Å². The van der Waals surface area contributed by atoms with Crippen LogP contribution >= 0.6 is 0 Å². The molecule has 1 fully saturated rings. The predicted molar refractivity (Wildman–Crippen MR) is 56.0 cm³/mol. The number of hydrogen-bond acceptors (Lipinski definition) is 3. The van der Waals surface area contributed by atoms with Crippen molar-refractivity contribution in [3.05, 3.63) is 23.9 Å². The van der Waals surface area contributed by atoms with Crippen LogP contribution in [0.5, 0.6) is 5.88 Å². The third-order valence-corrected chi connectivity index (χ3v) is 2.56. The van der Waals surface area contributed by atoms with Gasteiger partial charge in [-0.15, -0.1) is 0 Å². The summed E-state index contributed by atoms with van der Waals surface area (Å²) < 4.78 is 55.6. The second kappa shape index (κ2) is 5.09. The summed E-state index contributed by atoms with van der Waals surface area (Å²) in [6.07, 6.45) is -5.89. The van der Waals surface area contributed by atoms with E-state index in [4.69, 9.17) is 4.74 Å². The largest absolute Gasteiger partial charge is 0.473 e. The van der Waals surface area contributed by atoms with Crippen molar-refractivity contribution < 1.29 is 22.3 Å². The summed E-state index contributed by atoms with van der Waals surface area (Å²) in [5.41, 5.74) is -1.01. The number of piperidine rings is 1. The molecule has 2 heterocycles. The number of nitrogens with one attached hydrogen (secondary N) is 1. The van der Waals surface area contributed by atoms with E-state index in [0.717, 1.165) is 6.07 Å². The number of alkyl halides is 4.